The maximum atomic E-state index is 12.8. The maximum Gasteiger partial charge on any atom is 0.237 e. The number of nitrogens with one attached hydrogen (secondary N) is 1. The lowest BCUT2D eigenvalue weighted by atomic mass is 9.76. The van der Waals surface area contributed by atoms with Crippen molar-refractivity contribution in [2.75, 3.05) is 33.2 Å². The molecule has 1 N–H and O–H groups in total. The van der Waals surface area contributed by atoms with E-state index in [1.807, 2.05) is 0 Å². The number of nitrogens with zero attached hydrogens (tertiary/aromatic N) is 2. The van der Waals surface area contributed by atoms with Crippen LogP contribution in [-0.4, -0.2) is 55.0 Å². The smallest absolute Gasteiger partial charge is 0.237 e. The second kappa shape index (κ2) is 7.32. The summed E-state index contributed by atoms with van der Waals surface area (Å²) in [6.07, 6.45) is 4.62. The van der Waals surface area contributed by atoms with Gasteiger partial charge in [-0.05, 0) is 80.2 Å². The second-order valence-corrected chi connectivity index (χ2v) is 8.12. The molecule has 0 aromatic carbocycles. The number of amides is 1. The summed E-state index contributed by atoms with van der Waals surface area (Å²) in [6, 6.07) is 2.15. The first kappa shape index (κ1) is 16.9. The number of hydrogen-bond acceptors (Lipinski definition) is 4. The van der Waals surface area contributed by atoms with Crippen molar-refractivity contribution >= 4 is 17.2 Å². The highest BCUT2D eigenvalue weighted by atomic mass is 32.1. The summed E-state index contributed by atoms with van der Waals surface area (Å²) in [6.45, 7) is 7.35. The van der Waals surface area contributed by atoms with Gasteiger partial charge in [-0.15, -0.1) is 0 Å². The van der Waals surface area contributed by atoms with Crippen LogP contribution in [0.25, 0.3) is 0 Å². The fourth-order valence-electron chi connectivity index (χ4n) is 4.08. The summed E-state index contributed by atoms with van der Waals surface area (Å²) in [7, 11) is 2.21. The van der Waals surface area contributed by atoms with Gasteiger partial charge in [0.25, 0.3) is 0 Å². The molecule has 2 aliphatic rings. The van der Waals surface area contributed by atoms with Crippen LogP contribution in [0.15, 0.2) is 16.8 Å². The first-order chi connectivity index (χ1) is 11.1. The van der Waals surface area contributed by atoms with E-state index in [1.165, 1.54) is 31.5 Å². The number of carbonyl (C=O) groups excluding carboxylic acids is 1. The third-order valence-electron chi connectivity index (χ3n) is 5.51. The van der Waals surface area contributed by atoms with Crippen LogP contribution in [0, 0.1) is 5.41 Å². The molecule has 2 saturated heterocycles. The molecule has 1 atom stereocenters. The van der Waals surface area contributed by atoms with E-state index >= 15 is 0 Å². The van der Waals surface area contributed by atoms with Gasteiger partial charge in [0.1, 0.15) is 0 Å². The van der Waals surface area contributed by atoms with Gasteiger partial charge in [-0.1, -0.05) is 6.92 Å². The highest BCUT2D eigenvalue weighted by molar-refractivity contribution is 7.07. The minimum absolute atomic E-state index is 0.0667. The van der Waals surface area contributed by atoms with E-state index in [-0.39, 0.29) is 11.9 Å². The lowest BCUT2D eigenvalue weighted by Gasteiger charge is -2.37. The fourth-order valence-corrected chi connectivity index (χ4v) is 4.75. The molecule has 0 bridgehead atoms. The number of likely N-dealkylation sites (tertiary alicyclic amines) is 2. The molecule has 3 heterocycles. The van der Waals surface area contributed by atoms with Crippen LogP contribution >= 0.6 is 11.3 Å². The highest BCUT2D eigenvalue weighted by Gasteiger charge is 2.47. The molecule has 1 amide bonds. The first-order valence-corrected chi connectivity index (χ1v) is 9.77. The average molecular weight is 336 g/mol. The molecule has 1 spiro atoms. The molecule has 128 valence electrons. The van der Waals surface area contributed by atoms with E-state index < -0.39 is 0 Å². The van der Waals surface area contributed by atoms with Crippen molar-refractivity contribution in [3.8, 4) is 0 Å². The van der Waals surface area contributed by atoms with E-state index in [1.54, 1.807) is 11.3 Å². The Morgan fingerprint density at radius 2 is 2.22 bits per heavy atom. The summed E-state index contributed by atoms with van der Waals surface area (Å²) < 4.78 is 0. The van der Waals surface area contributed by atoms with Crippen molar-refractivity contribution in [3.05, 3.63) is 22.4 Å². The van der Waals surface area contributed by atoms with Crippen molar-refractivity contribution < 1.29 is 4.79 Å². The summed E-state index contributed by atoms with van der Waals surface area (Å²) in [4.78, 5) is 17.6. The van der Waals surface area contributed by atoms with E-state index in [9.17, 15) is 4.79 Å². The zero-order valence-corrected chi connectivity index (χ0v) is 15.2. The SMILES string of the molecule is CCCN1CC2(CCN(C)CC2)CC1C(=O)NCc1ccsc1. The topological polar surface area (TPSA) is 35.6 Å². The molecule has 0 aliphatic carbocycles. The zero-order valence-electron chi connectivity index (χ0n) is 14.4. The molecule has 3 rings (SSSR count). The normalized spacial score (nSPS) is 25.0. The van der Waals surface area contributed by atoms with Crippen molar-refractivity contribution in [1.29, 1.82) is 0 Å². The molecule has 23 heavy (non-hydrogen) atoms. The monoisotopic (exact) mass is 335 g/mol. The molecule has 5 heteroatoms. The maximum absolute atomic E-state index is 12.8. The van der Waals surface area contributed by atoms with Gasteiger partial charge in [-0.3, -0.25) is 9.69 Å². The predicted molar refractivity (Wildman–Crippen MR) is 95.6 cm³/mol. The van der Waals surface area contributed by atoms with Gasteiger partial charge in [0.2, 0.25) is 5.91 Å². The summed E-state index contributed by atoms with van der Waals surface area (Å²) in [5.41, 5.74) is 1.57. The van der Waals surface area contributed by atoms with Crippen LogP contribution in [0.4, 0.5) is 0 Å². The molecule has 1 aromatic heterocycles. The number of rotatable bonds is 5. The van der Waals surface area contributed by atoms with Gasteiger partial charge < -0.3 is 10.2 Å². The Morgan fingerprint density at radius 1 is 1.43 bits per heavy atom. The Kier molecular flexibility index (Phi) is 5.39. The molecule has 4 nitrogen and oxygen atoms in total. The number of thiophene rings is 1. The molecule has 0 radical (unpaired) electrons. The van der Waals surface area contributed by atoms with Crippen molar-refractivity contribution in [2.24, 2.45) is 5.41 Å². The lowest BCUT2D eigenvalue weighted by molar-refractivity contribution is -0.125. The molecule has 2 fully saturated rings. The van der Waals surface area contributed by atoms with Crippen LogP contribution in [0.1, 0.15) is 38.2 Å². The molecular formula is C18H29N3OS. The van der Waals surface area contributed by atoms with Crippen LogP contribution in [0.3, 0.4) is 0 Å². The summed E-state index contributed by atoms with van der Waals surface area (Å²) in [5.74, 6) is 0.223. The van der Waals surface area contributed by atoms with E-state index in [0.29, 0.717) is 12.0 Å². The third-order valence-corrected chi connectivity index (χ3v) is 6.25. The molecule has 2 aliphatic heterocycles. The predicted octanol–water partition coefficient (Wildman–Crippen LogP) is 2.56. The van der Waals surface area contributed by atoms with E-state index in [2.05, 4.69) is 45.9 Å². The van der Waals surface area contributed by atoms with Gasteiger partial charge in [-0.25, -0.2) is 0 Å². The minimum atomic E-state index is 0.0667. The van der Waals surface area contributed by atoms with Gasteiger partial charge in [-0.2, -0.15) is 11.3 Å². The zero-order chi connectivity index (χ0) is 16.3. The Labute approximate surface area is 143 Å². The third kappa shape index (κ3) is 3.95. The summed E-state index contributed by atoms with van der Waals surface area (Å²) >= 11 is 1.68. The van der Waals surface area contributed by atoms with Crippen LogP contribution in [-0.2, 0) is 11.3 Å². The summed E-state index contributed by atoms with van der Waals surface area (Å²) in [5, 5.41) is 7.33. The number of hydrogen-bond donors (Lipinski definition) is 1. The van der Waals surface area contributed by atoms with Crippen molar-refractivity contribution in [3.63, 3.8) is 0 Å². The van der Waals surface area contributed by atoms with Crippen molar-refractivity contribution in [2.45, 2.75) is 45.2 Å². The Morgan fingerprint density at radius 3 is 2.87 bits per heavy atom. The molecular weight excluding hydrogens is 306 g/mol. The molecule has 1 unspecified atom stereocenters. The number of piperidine rings is 1. The van der Waals surface area contributed by atoms with Crippen molar-refractivity contribution in [1.82, 2.24) is 15.1 Å². The molecule has 1 aromatic rings. The van der Waals surface area contributed by atoms with E-state index in [4.69, 9.17) is 0 Å². The standard InChI is InChI=1S/C18H29N3OS/c1-3-7-21-14-18(5-8-20(2)9-6-18)11-16(21)17(22)19-12-15-4-10-23-13-15/h4,10,13,16H,3,5-9,11-12,14H2,1-2H3,(H,19,22). The van der Waals surface area contributed by atoms with Gasteiger partial charge in [0, 0.05) is 13.1 Å². The van der Waals surface area contributed by atoms with Gasteiger partial charge in [0.15, 0.2) is 0 Å². The van der Waals surface area contributed by atoms with Crippen LogP contribution in [0.2, 0.25) is 0 Å². The van der Waals surface area contributed by atoms with Crippen LogP contribution in [0.5, 0.6) is 0 Å². The van der Waals surface area contributed by atoms with Gasteiger partial charge >= 0.3 is 0 Å². The second-order valence-electron chi connectivity index (χ2n) is 7.34. The lowest BCUT2D eigenvalue weighted by Crippen LogP contribution is -2.43. The largest absolute Gasteiger partial charge is 0.351 e. The quantitative estimate of drug-likeness (QED) is 0.898. The molecule has 0 saturated carbocycles. The first-order valence-electron chi connectivity index (χ1n) is 8.83. The van der Waals surface area contributed by atoms with E-state index in [0.717, 1.165) is 25.9 Å². The highest BCUT2D eigenvalue weighted by Crippen LogP contribution is 2.43. The number of carbonyl (C=O) groups is 1. The average Bonchev–Trinajstić information content (AvgIpc) is 3.17. The minimum Gasteiger partial charge on any atom is -0.351 e. The fraction of sp³-hybridized carbons (Fsp3) is 0.722. The van der Waals surface area contributed by atoms with Crippen LogP contribution < -0.4 is 5.32 Å². The Balaban J connectivity index is 1.62. The Bertz CT molecular complexity index is 508. The Hall–Kier alpha value is -0.910. The van der Waals surface area contributed by atoms with Gasteiger partial charge in [0.05, 0.1) is 6.04 Å².